The summed E-state index contributed by atoms with van der Waals surface area (Å²) >= 11 is 0. The second-order valence-corrected chi connectivity index (χ2v) is 4.37. The number of aliphatic hydroxyl groups excluding tert-OH is 1. The van der Waals surface area contributed by atoms with Crippen molar-refractivity contribution in [3.05, 3.63) is 6.20 Å². The molecule has 7 heteroatoms. The number of rotatable bonds is 5. The van der Waals surface area contributed by atoms with Crippen LogP contribution in [0.5, 0.6) is 0 Å². The average Bonchev–Trinajstić information content (AvgIpc) is 2.85. The van der Waals surface area contributed by atoms with Gasteiger partial charge in [0.25, 0.3) is 0 Å². The van der Waals surface area contributed by atoms with Gasteiger partial charge in [0.05, 0.1) is 11.6 Å². The molecule has 0 fully saturated rings. The van der Waals surface area contributed by atoms with Crippen molar-refractivity contribution in [2.45, 2.75) is 19.9 Å². The molecule has 98 valence electrons. The fraction of sp³-hybridized carbons (Fsp3) is 0.545. The Labute approximate surface area is 105 Å². The molecule has 2 heterocycles. The molecule has 2 atom stereocenters. The van der Waals surface area contributed by atoms with Gasteiger partial charge < -0.3 is 15.7 Å². The molecule has 7 nitrogen and oxygen atoms in total. The summed E-state index contributed by atoms with van der Waals surface area (Å²) in [6, 6.07) is 0.104. The quantitative estimate of drug-likeness (QED) is 0.627. The van der Waals surface area contributed by atoms with E-state index >= 15 is 0 Å². The van der Waals surface area contributed by atoms with Gasteiger partial charge in [0.2, 0.25) is 5.95 Å². The van der Waals surface area contributed by atoms with Crippen molar-refractivity contribution in [3.63, 3.8) is 0 Å². The van der Waals surface area contributed by atoms with Crippen LogP contribution in [0.25, 0.3) is 11.0 Å². The molecule has 0 bridgehead atoms. The summed E-state index contributed by atoms with van der Waals surface area (Å²) < 4.78 is 0. The Hall–Kier alpha value is -1.89. The van der Waals surface area contributed by atoms with Gasteiger partial charge in [0.1, 0.15) is 5.82 Å². The number of aromatic nitrogens is 4. The molecule has 0 aliphatic rings. The van der Waals surface area contributed by atoms with Crippen molar-refractivity contribution in [1.82, 2.24) is 20.2 Å². The van der Waals surface area contributed by atoms with Crippen LogP contribution in [0.2, 0.25) is 0 Å². The van der Waals surface area contributed by atoms with Gasteiger partial charge in [-0.15, -0.1) is 0 Å². The van der Waals surface area contributed by atoms with Crippen LogP contribution in [0.4, 0.5) is 11.8 Å². The third kappa shape index (κ3) is 2.35. The number of anilines is 2. The number of aromatic amines is 1. The van der Waals surface area contributed by atoms with Gasteiger partial charge in [-0.1, -0.05) is 6.92 Å². The molecule has 2 aromatic rings. The zero-order valence-corrected chi connectivity index (χ0v) is 10.7. The molecule has 0 radical (unpaired) electrons. The third-order valence-electron chi connectivity index (χ3n) is 3.04. The molecule has 0 aliphatic heterocycles. The van der Waals surface area contributed by atoms with E-state index in [0.717, 1.165) is 5.39 Å². The van der Waals surface area contributed by atoms with Crippen LogP contribution in [0, 0.1) is 5.92 Å². The molecule has 0 aliphatic carbocycles. The van der Waals surface area contributed by atoms with E-state index in [1.54, 1.807) is 13.2 Å². The Balaban J connectivity index is 2.33. The molecule has 18 heavy (non-hydrogen) atoms. The van der Waals surface area contributed by atoms with Gasteiger partial charge in [-0.3, -0.25) is 5.10 Å². The first-order valence-corrected chi connectivity index (χ1v) is 5.92. The van der Waals surface area contributed by atoms with Crippen molar-refractivity contribution in [1.29, 1.82) is 0 Å². The second-order valence-electron chi connectivity index (χ2n) is 4.37. The zero-order valence-electron chi connectivity index (χ0n) is 10.7. The topological polar surface area (TPSA) is 98.8 Å². The number of H-pyrrole nitrogens is 1. The maximum atomic E-state index is 9.15. The van der Waals surface area contributed by atoms with Gasteiger partial charge in [-0.2, -0.15) is 15.1 Å². The minimum absolute atomic E-state index is 0.104. The molecule has 0 aromatic carbocycles. The molecule has 2 rings (SSSR count). The summed E-state index contributed by atoms with van der Waals surface area (Å²) in [7, 11) is 1.76. The van der Waals surface area contributed by atoms with E-state index < -0.39 is 0 Å². The Morgan fingerprint density at radius 2 is 2.17 bits per heavy atom. The van der Waals surface area contributed by atoms with Crippen LogP contribution in [0.1, 0.15) is 13.8 Å². The first-order chi connectivity index (χ1) is 8.65. The maximum absolute atomic E-state index is 9.15. The van der Waals surface area contributed by atoms with Crippen LogP contribution in [-0.2, 0) is 0 Å². The van der Waals surface area contributed by atoms with Gasteiger partial charge >= 0.3 is 0 Å². The van der Waals surface area contributed by atoms with E-state index in [-0.39, 0.29) is 18.6 Å². The number of fused-ring (bicyclic) bond motifs is 1. The predicted octanol–water partition coefficient (Wildman–Crippen LogP) is 0.823. The number of nitrogens with zero attached hydrogens (tertiary/aromatic N) is 3. The van der Waals surface area contributed by atoms with Gasteiger partial charge in [-0.05, 0) is 12.8 Å². The largest absolute Gasteiger partial charge is 0.396 e. The predicted molar refractivity (Wildman–Crippen MR) is 70.6 cm³/mol. The van der Waals surface area contributed by atoms with Crippen molar-refractivity contribution >= 4 is 22.8 Å². The van der Waals surface area contributed by atoms with Crippen LogP contribution >= 0.6 is 0 Å². The highest BCUT2D eigenvalue weighted by atomic mass is 16.3. The minimum atomic E-state index is 0.104. The summed E-state index contributed by atoms with van der Waals surface area (Å²) in [5, 5.41) is 23.0. The summed E-state index contributed by atoms with van der Waals surface area (Å²) in [6.45, 7) is 4.12. The normalized spacial score (nSPS) is 14.4. The van der Waals surface area contributed by atoms with E-state index in [0.29, 0.717) is 17.4 Å². The lowest BCUT2D eigenvalue weighted by atomic mass is 10.1. The second kappa shape index (κ2) is 5.18. The van der Waals surface area contributed by atoms with Gasteiger partial charge in [0, 0.05) is 19.7 Å². The van der Waals surface area contributed by atoms with Crippen molar-refractivity contribution < 1.29 is 5.11 Å². The molecule has 2 aromatic heterocycles. The van der Waals surface area contributed by atoms with Crippen LogP contribution < -0.4 is 10.6 Å². The summed E-state index contributed by atoms with van der Waals surface area (Å²) in [6.07, 6.45) is 1.69. The highest BCUT2D eigenvalue weighted by Gasteiger charge is 2.15. The van der Waals surface area contributed by atoms with E-state index in [9.17, 15) is 0 Å². The third-order valence-corrected chi connectivity index (χ3v) is 3.04. The highest BCUT2D eigenvalue weighted by Crippen LogP contribution is 2.21. The standard InChI is InChI=1S/C11H18N6O/c1-6(5-18)7(2)14-9-8-4-13-17-10(8)16-11(12-3)15-9/h4,6-7,18H,5H2,1-3H3,(H3,12,13,14,15,16,17). The van der Waals surface area contributed by atoms with E-state index in [1.165, 1.54) is 0 Å². The molecule has 4 N–H and O–H groups in total. The van der Waals surface area contributed by atoms with Crippen LogP contribution in [0.3, 0.4) is 0 Å². The summed E-state index contributed by atoms with van der Waals surface area (Å²) in [5.41, 5.74) is 0.681. The highest BCUT2D eigenvalue weighted by molar-refractivity contribution is 5.87. The Bertz CT molecular complexity index is 525. The first kappa shape index (κ1) is 12.6. The average molecular weight is 250 g/mol. The molecule has 0 saturated heterocycles. The fourth-order valence-corrected chi connectivity index (χ4v) is 1.57. The monoisotopic (exact) mass is 250 g/mol. The SMILES string of the molecule is CNc1nc(NC(C)C(C)CO)c2cn[nH]c2n1. The molecule has 0 amide bonds. The number of nitrogens with one attached hydrogen (secondary N) is 3. The molecular weight excluding hydrogens is 232 g/mol. The minimum Gasteiger partial charge on any atom is -0.396 e. The van der Waals surface area contributed by atoms with Crippen molar-refractivity contribution in [2.75, 3.05) is 24.3 Å². The van der Waals surface area contributed by atoms with E-state index in [1.807, 2.05) is 13.8 Å². The number of hydrogen-bond donors (Lipinski definition) is 4. The number of aliphatic hydroxyl groups is 1. The summed E-state index contributed by atoms with van der Waals surface area (Å²) in [5.74, 6) is 1.38. The molecule has 0 saturated carbocycles. The Morgan fingerprint density at radius 3 is 2.83 bits per heavy atom. The Kier molecular flexibility index (Phi) is 3.61. The lowest BCUT2D eigenvalue weighted by Gasteiger charge is -2.20. The lowest BCUT2D eigenvalue weighted by Crippen LogP contribution is -2.27. The molecule has 0 spiro atoms. The van der Waals surface area contributed by atoms with E-state index in [2.05, 4.69) is 30.8 Å². The molecular formula is C11H18N6O. The van der Waals surface area contributed by atoms with Crippen molar-refractivity contribution in [2.24, 2.45) is 5.92 Å². The Morgan fingerprint density at radius 1 is 1.39 bits per heavy atom. The van der Waals surface area contributed by atoms with Crippen LogP contribution in [-0.4, -0.2) is 45.0 Å². The molecule has 2 unspecified atom stereocenters. The fourth-order valence-electron chi connectivity index (χ4n) is 1.57. The van der Waals surface area contributed by atoms with Gasteiger partial charge in [0.15, 0.2) is 5.65 Å². The van der Waals surface area contributed by atoms with Crippen LogP contribution in [0.15, 0.2) is 6.20 Å². The lowest BCUT2D eigenvalue weighted by molar-refractivity contribution is 0.226. The smallest absolute Gasteiger partial charge is 0.226 e. The van der Waals surface area contributed by atoms with Crippen molar-refractivity contribution in [3.8, 4) is 0 Å². The summed E-state index contributed by atoms with van der Waals surface area (Å²) in [4.78, 5) is 8.63. The van der Waals surface area contributed by atoms with Gasteiger partial charge in [-0.25, -0.2) is 0 Å². The maximum Gasteiger partial charge on any atom is 0.226 e. The first-order valence-electron chi connectivity index (χ1n) is 5.92. The van der Waals surface area contributed by atoms with E-state index in [4.69, 9.17) is 5.11 Å². The zero-order chi connectivity index (χ0) is 13.1. The number of hydrogen-bond acceptors (Lipinski definition) is 6.